The molecule has 100 valence electrons. The van der Waals surface area contributed by atoms with Crippen LogP contribution in [0.4, 0.5) is 0 Å². The van der Waals surface area contributed by atoms with E-state index in [0.717, 1.165) is 0 Å². The number of nitrogens with zero attached hydrogens (tertiary/aromatic N) is 1. The molecule has 0 aromatic heterocycles. The third kappa shape index (κ3) is 3.84. The Morgan fingerprint density at radius 1 is 1.39 bits per heavy atom. The van der Waals surface area contributed by atoms with Gasteiger partial charge in [-0.1, -0.05) is 32.0 Å². The molecule has 0 aliphatic heterocycles. The molecule has 0 saturated carbocycles. The van der Waals surface area contributed by atoms with E-state index in [4.69, 9.17) is 5.11 Å². The molecule has 1 rings (SSSR count). The Hall–Kier alpha value is -1.35. The Morgan fingerprint density at radius 3 is 2.61 bits per heavy atom. The number of rotatable bonds is 5. The Labute approximate surface area is 109 Å². The van der Waals surface area contributed by atoms with Crippen molar-refractivity contribution in [2.24, 2.45) is 0 Å². The van der Waals surface area contributed by atoms with Gasteiger partial charge in [0.05, 0.1) is 6.61 Å². The summed E-state index contributed by atoms with van der Waals surface area (Å²) in [5, 5.41) is 8.78. The van der Waals surface area contributed by atoms with Gasteiger partial charge in [0.25, 0.3) is 0 Å². The molecule has 0 radical (unpaired) electrons. The second-order valence-electron chi connectivity index (χ2n) is 5.06. The molecule has 3 heteroatoms. The highest BCUT2D eigenvalue weighted by Gasteiger charge is 2.11. The van der Waals surface area contributed by atoms with Crippen LogP contribution in [0.2, 0.25) is 0 Å². The minimum atomic E-state index is -0.0891. The second-order valence-corrected chi connectivity index (χ2v) is 5.06. The van der Waals surface area contributed by atoms with Crippen molar-refractivity contribution in [3.63, 3.8) is 0 Å². The third-order valence-corrected chi connectivity index (χ3v) is 3.20. The highest BCUT2D eigenvalue weighted by Crippen LogP contribution is 2.19. The van der Waals surface area contributed by atoms with E-state index in [9.17, 15) is 4.79 Å². The van der Waals surface area contributed by atoms with Gasteiger partial charge in [0.15, 0.2) is 0 Å². The van der Waals surface area contributed by atoms with Gasteiger partial charge in [-0.05, 0) is 29.5 Å². The highest BCUT2D eigenvalue weighted by molar-refractivity contribution is 5.75. The lowest BCUT2D eigenvalue weighted by atomic mass is 9.97. The maximum absolute atomic E-state index is 11.6. The molecule has 0 fully saturated rings. The Balaban J connectivity index is 2.83. The standard InChI is InChI=1S/C15H23NO2/c1-11(2)13-6-5-12(3)14(9-13)10-16(4)15(18)7-8-17/h5-6,9,11,17H,7-8,10H2,1-4H3. The van der Waals surface area contributed by atoms with Gasteiger partial charge in [-0.3, -0.25) is 4.79 Å². The van der Waals surface area contributed by atoms with E-state index < -0.39 is 0 Å². The van der Waals surface area contributed by atoms with Crippen molar-refractivity contribution in [3.05, 3.63) is 34.9 Å². The highest BCUT2D eigenvalue weighted by atomic mass is 16.3. The van der Waals surface area contributed by atoms with E-state index in [2.05, 4.69) is 39.0 Å². The monoisotopic (exact) mass is 249 g/mol. The van der Waals surface area contributed by atoms with E-state index >= 15 is 0 Å². The van der Waals surface area contributed by atoms with Crippen molar-refractivity contribution in [2.45, 2.75) is 39.7 Å². The molecule has 1 amide bonds. The maximum atomic E-state index is 11.6. The fraction of sp³-hybridized carbons (Fsp3) is 0.533. The molecule has 0 bridgehead atoms. The van der Waals surface area contributed by atoms with E-state index in [1.165, 1.54) is 16.7 Å². The smallest absolute Gasteiger partial charge is 0.224 e. The normalized spacial score (nSPS) is 10.8. The molecule has 0 aliphatic rings. The molecule has 0 spiro atoms. The van der Waals surface area contributed by atoms with Crippen molar-refractivity contribution in [3.8, 4) is 0 Å². The second kappa shape index (κ2) is 6.55. The third-order valence-electron chi connectivity index (χ3n) is 3.20. The van der Waals surface area contributed by atoms with Crippen LogP contribution in [0.15, 0.2) is 18.2 Å². The van der Waals surface area contributed by atoms with Crippen molar-refractivity contribution in [2.75, 3.05) is 13.7 Å². The van der Waals surface area contributed by atoms with Crippen LogP contribution < -0.4 is 0 Å². The van der Waals surface area contributed by atoms with Gasteiger partial charge in [-0.2, -0.15) is 0 Å². The number of amides is 1. The summed E-state index contributed by atoms with van der Waals surface area (Å²) in [6, 6.07) is 6.41. The first-order valence-corrected chi connectivity index (χ1v) is 6.40. The van der Waals surface area contributed by atoms with Crippen LogP contribution in [0.1, 0.15) is 42.9 Å². The first-order chi connectivity index (χ1) is 8.45. The number of benzene rings is 1. The number of aryl methyl sites for hydroxylation is 1. The predicted molar refractivity (Wildman–Crippen MR) is 73.4 cm³/mol. The van der Waals surface area contributed by atoms with Crippen molar-refractivity contribution >= 4 is 5.91 Å². The minimum Gasteiger partial charge on any atom is -0.396 e. The molecule has 18 heavy (non-hydrogen) atoms. The van der Waals surface area contributed by atoms with Crippen LogP contribution >= 0.6 is 0 Å². The Bertz CT molecular complexity index is 413. The van der Waals surface area contributed by atoms with Crippen molar-refractivity contribution in [1.29, 1.82) is 0 Å². The molecule has 0 atom stereocenters. The van der Waals surface area contributed by atoms with Crippen LogP contribution in [0.3, 0.4) is 0 Å². The predicted octanol–water partition coefficient (Wildman–Crippen LogP) is 2.46. The van der Waals surface area contributed by atoms with E-state index in [1.54, 1.807) is 11.9 Å². The number of carbonyl (C=O) groups is 1. The van der Waals surface area contributed by atoms with Crippen LogP contribution in [0.5, 0.6) is 0 Å². The van der Waals surface area contributed by atoms with Crippen molar-refractivity contribution in [1.82, 2.24) is 4.90 Å². The molecule has 1 aromatic carbocycles. The number of carbonyl (C=O) groups excluding carboxylic acids is 1. The fourth-order valence-corrected chi connectivity index (χ4v) is 1.85. The summed E-state index contributed by atoms with van der Waals surface area (Å²) in [6.45, 7) is 6.90. The molecule has 0 heterocycles. The lowest BCUT2D eigenvalue weighted by Crippen LogP contribution is -2.27. The summed E-state index contributed by atoms with van der Waals surface area (Å²) in [7, 11) is 1.78. The van der Waals surface area contributed by atoms with Crippen LogP contribution in [0, 0.1) is 6.92 Å². The topological polar surface area (TPSA) is 40.5 Å². The molecule has 1 N–H and O–H groups in total. The average Bonchev–Trinajstić information content (AvgIpc) is 2.31. The zero-order valence-electron chi connectivity index (χ0n) is 11.7. The number of hydrogen-bond donors (Lipinski definition) is 1. The summed E-state index contributed by atoms with van der Waals surface area (Å²) in [6.07, 6.45) is 0.194. The first kappa shape index (κ1) is 14.7. The lowest BCUT2D eigenvalue weighted by molar-refractivity contribution is -0.131. The van der Waals surface area contributed by atoms with E-state index in [-0.39, 0.29) is 18.9 Å². The van der Waals surface area contributed by atoms with Gasteiger partial charge < -0.3 is 10.0 Å². The molecular weight excluding hydrogens is 226 g/mol. The summed E-state index contributed by atoms with van der Waals surface area (Å²) >= 11 is 0. The summed E-state index contributed by atoms with van der Waals surface area (Å²) in [5.41, 5.74) is 3.66. The lowest BCUT2D eigenvalue weighted by Gasteiger charge is -2.19. The quantitative estimate of drug-likeness (QED) is 0.871. The van der Waals surface area contributed by atoms with Crippen LogP contribution in [-0.4, -0.2) is 29.6 Å². The minimum absolute atomic E-state index is 0.0214. The number of hydrogen-bond acceptors (Lipinski definition) is 2. The first-order valence-electron chi connectivity index (χ1n) is 6.40. The van der Waals surface area contributed by atoms with E-state index in [1.807, 2.05) is 0 Å². The largest absolute Gasteiger partial charge is 0.396 e. The molecule has 0 saturated heterocycles. The molecule has 0 unspecified atom stereocenters. The van der Waals surface area contributed by atoms with E-state index in [0.29, 0.717) is 12.5 Å². The molecule has 1 aromatic rings. The van der Waals surface area contributed by atoms with Gasteiger partial charge in [0, 0.05) is 20.0 Å². The zero-order chi connectivity index (χ0) is 13.7. The summed E-state index contributed by atoms with van der Waals surface area (Å²) < 4.78 is 0. The average molecular weight is 249 g/mol. The van der Waals surface area contributed by atoms with Crippen LogP contribution in [0.25, 0.3) is 0 Å². The van der Waals surface area contributed by atoms with Crippen LogP contribution in [-0.2, 0) is 11.3 Å². The van der Waals surface area contributed by atoms with Gasteiger partial charge >= 0.3 is 0 Å². The number of aliphatic hydroxyl groups excluding tert-OH is 1. The number of aliphatic hydroxyl groups is 1. The summed E-state index contributed by atoms with van der Waals surface area (Å²) in [5.74, 6) is 0.467. The zero-order valence-corrected chi connectivity index (χ0v) is 11.7. The van der Waals surface area contributed by atoms with Gasteiger partial charge in [0.1, 0.15) is 0 Å². The molecule has 0 aliphatic carbocycles. The van der Waals surface area contributed by atoms with Gasteiger partial charge in [0.2, 0.25) is 5.91 Å². The summed E-state index contributed by atoms with van der Waals surface area (Å²) in [4.78, 5) is 13.3. The van der Waals surface area contributed by atoms with Crippen molar-refractivity contribution < 1.29 is 9.90 Å². The van der Waals surface area contributed by atoms with Gasteiger partial charge in [-0.15, -0.1) is 0 Å². The molecular formula is C15H23NO2. The fourth-order valence-electron chi connectivity index (χ4n) is 1.85. The van der Waals surface area contributed by atoms with Gasteiger partial charge in [-0.25, -0.2) is 0 Å². The Kier molecular flexibility index (Phi) is 5.35. The maximum Gasteiger partial charge on any atom is 0.224 e. The SMILES string of the molecule is Cc1ccc(C(C)C)cc1CN(C)C(=O)CCO. The Morgan fingerprint density at radius 2 is 2.06 bits per heavy atom. The molecule has 3 nitrogen and oxygen atoms in total.